The van der Waals surface area contributed by atoms with Crippen LogP contribution in [-0.2, 0) is 19.1 Å². The second kappa shape index (κ2) is 9.95. The van der Waals surface area contributed by atoms with Gasteiger partial charge in [-0.3, -0.25) is 14.4 Å². The molecule has 10 nitrogen and oxygen atoms in total. The minimum Gasteiger partial charge on any atom is -0.466 e. The van der Waals surface area contributed by atoms with Crippen LogP contribution < -0.4 is 5.32 Å². The Hall–Kier alpha value is -3.30. The number of hydrogen-bond donors (Lipinski definition) is 1. The van der Waals surface area contributed by atoms with Crippen molar-refractivity contribution in [2.24, 2.45) is 5.92 Å². The molecule has 0 radical (unpaired) electrons. The van der Waals surface area contributed by atoms with Gasteiger partial charge in [-0.1, -0.05) is 0 Å². The largest absolute Gasteiger partial charge is 0.466 e. The molecule has 30 heavy (non-hydrogen) atoms. The Bertz CT molecular complexity index is 891. The molecule has 1 N–H and O–H groups in total. The second-order valence-electron chi connectivity index (χ2n) is 7.29. The number of aryl methyl sites for hydroxylation is 1. The molecule has 3 rings (SSSR count). The lowest BCUT2D eigenvalue weighted by Gasteiger charge is -2.31. The number of esters is 1. The zero-order valence-electron chi connectivity index (χ0n) is 17.2. The number of amides is 2. The summed E-state index contributed by atoms with van der Waals surface area (Å²) in [5.74, 6) is -1.02. The van der Waals surface area contributed by atoms with E-state index in [0.29, 0.717) is 37.7 Å². The van der Waals surface area contributed by atoms with Crippen molar-refractivity contribution in [2.75, 3.05) is 25.0 Å². The van der Waals surface area contributed by atoms with Gasteiger partial charge in [-0.15, -0.1) is 5.10 Å². The smallest absolute Gasteiger partial charge is 0.313 e. The van der Waals surface area contributed by atoms with Crippen molar-refractivity contribution in [3.8, 4) is 5.69 Å². The number of carbonyl (C=O) groups is 3. The predicted molar refractivity (Wildman–Crippen MR) is 108 cm³/mol. The summed E-state index contributed by atoms with van der Waals surface area (Å²) in [5.41, 5.74) is 2.18. The van der Waals surface area contributed by atoms with E-state index in [4.69, 9.17) is 4.74 Å². The normalized spacial score (nSPS) is 14.4. The first kappa shape index (κ1) is 21.4. The average Bonchev–Trinajstić information content (AvgIpc) is 3.27. The van der Waals surface area contributed by atoms with Crippen molar-refractivity contribution >= 4 is 23.5 Å². The molecule has 1 saturated heterocycles. The molecule has 1 fully saturated rings. The van der Waals surface area contributed by atoms with Gasteiger partial charge >= 0.3 is 17.8 Å². The van der Waals surface area contributed by atoms with Gasteiger partial charge in [0.2, 0.25) is 0 Å². The number of hydrogen-bond acceptors (Lipinski definition) is 7. The number of rotatable bonds is 6. The van der Waals surface area contributed by atoms with E-state index in [0.717, 1.165) is 30.5 Å². The van der Waals surface area contributed by atoms with Crippen molar-refractivity contribution in [1.29, 1.82) is 0 Å². The lowest BCUT2D eigenvalue weighted by molar-refractivity contribution is -0.145. The van der Waals surface area contributed by atoms with E-state index in [1.165, 1.54) is 11.0 Å². The van der Waals surface area contributed by atoms with E-state index in [-0.39, 0.29) is 5.97 Å². The van der Waals surface area contributed by atoms with Gasteiger partial charge in [-0.2, -0.15) is 0 Å². The van der Waals surface area contributed by atoms with Crippen LogP contribution in [0.3, 0.4) is 0 Å². The van der Waals surface area contributed by atoms with Gasteiger partial charge in [-0.25, -0.2) is 4.68 Å². The molecule has 160 valence electrons. The number of aromatic nitrogens is 4. The summed E-state index contributed by atoms with van der Waals surface area (Å²) in [6.07, 6.45) is 4.18. The van der Waals surface area contributed by atoms with Crippen molar-refractivity contribution < 1.29 is 19.1 Å². The standard InChI is InChI=1S/C20H26N6O4/c1-3-30-18(27)7-4-15-8-10-25(11-9-15)20(29)19(28)22-16-5-6-17(14(2)12-16)26-13-21-23-24-26/h5-6,12-13,15H,3-4,7-11H2,1-2H3,(H,22,28). The molecule has 0 unspecified atom stereocenters. The molecule has 0 aliphatic carbocycles. The summed E-state index contributed by atoms with van der Waals surface area (Å²) >= 11 is 0. The third-order valence-corrected chi connectivity index (χ3v) is 5.21. The molecule has 0 atom stereocenters. The highest BCUT2D eigenvalue weighted by Gasteiger charge is 2.27. The Labute approximate surface area is 174 Å². The maximum atomic E-state index is 12.5. The van der Waals surface area contributed by atoms with Crippen LogP contribution in [0, 0.1) is 12.8 Å². The number of piperidine rings is 1. The number of nitrogens with zero attached hydrogens (tertiary/aromatic N) is 5. The number of ether oxygens (including phenoxy) is 1. The Kier molecular flexibility index (Phi) is 7.10. The summed E-state index contributed by atoms with van der Waals surface area (Å²) in [7, 11) is 0. The summed E-state index contributed by atoms with van der Waals surface area (Å²) in [5, 5.41) is 13.7. The topological polar surface area (TPSA) is 119 Å². The zero-order valence-corrected chi connectivity index (χ0v) is 17.2. The third-order valence-electron chi connectivity index (χ3n) is 5.21. The third kappa shape index (κ3) is 5.40. The van der Waals surface area contributed by atoms with Gasteiger partial charge < -0.3 is 15.0 Å². The molecular formula is C20H26N6O4. The van der Waals surface area contributed by atoms with E-state index in [9.17, 15) is 14.4 Å². The number of nitrogens with one attached hydrogen (secondary N) is 1. The number of carbonyl (C=O) groups excluding carboxylic acids is 3. The quantitative estimate of drug-likeness (QED) is 0.562. The minimum atomic E-state index is -0.658. The van der Waals surface area contributed by atoms with E-state index >= 15 is 0 Å². The number of tetrazole rings is 1. The van der Waals surface area contributed by atoms with Crippen molar-refractivity contribution in [3.05, 3.63) is 30.1 Å². The van der Waals surface area contributed by atoms with Crippen LogP contribution in [0.5, 0.6) is 0 Å². The SMILES string of the molecule is CCOC(=O)CCC1CCN(C(=O)C(=O)Nc2ccc(-n3cnnn3)c(C)c2)CC1. The van der Waals surface area contributed by atoms with Crippen LogP contribution in [0.25, 0.3) is 5.69 Å². The highest BCUT2D eigenvalue weighted by Crippen LogP contribution is 2.23. The maximum absolute atomic E-state index is 12.5. The molecule has 10 heteroatoms. The minimum absolute atomic E-state index is 0.184. The zero-order chi connectivity index (χ0) is 21.5. The van der Waals surface area contributed by atoms with E-state index < -0.39 is 11.8 Å². The highest BCUT2D eigenvalue weighted by atomic mass is 16.5. The van der Waals surface area contributed by atoms with Crippen LogP contribution >= 0.6 is 0 Å². The van der Waals surface area contributed by atoms with Gasteiger partial charge in [0.25, 0.3) is 0 Å². The molecule has 1 aliphatic heterocycles. The van der Waals surface area contributed by atoms with Crippen LogP contribution in [0.2, 0.25) is 0 Å². The lowest BCUT2D eigenvalue weighted by Crippen LogP contribution is -2.44. The number of benzene rings is 1. The van der Waals surface area contributed by atoms with Crippen molar-refractivity contribution in [2.45, 2.75) is 39.5 Å². The molecule has 2 aromatic rings. The fourth-order valence-corrected chi connectivity index (χ4v) is 3.57. The molecular weight excluding hydrogens is 388 g/mol. The first-order valence-electron chi connectivity index (χ1n) is 10.1. The molecule has 2 amide bonds. The van der Waals surface area contributed by atoms with E-state index in [1.807, 2.05) is 6.92 Å². The summed E-state index contributed by atoms with van der Waals surface area (Å²) in [6.45, 7) is 5.07. The molecule has 1 aliphatic rings. The molecule has 0 saturated carbocycles. The molecule has 1 aromatic heterocycles. The molecule has 2 heterocycles. The lowest BCUT2D eigenvalue weighted by atomic mass is 9.92. The Morgan fingerprint density at radius 1 is 1.23 bits per heavy atom. The second-order valence-corrected chi connectivity index (χ2v) is 7.29. The monoisotopic (exact) mass is 414 g/mol. The summed E-state index contributed by atoms with van der Waals surface area (Å²) < 4.78 is 6.48. The van der Waals surface area contributed by atoms with E-state index in [1.54, 1.807) is 30.0 Å². The number of likely N-dealkylation sites (tertiary alicyclic amines) is 1. The number of anilines is 1. The molecule has 1 aromatic carbocycles. The Morgan fingerprint density at radius 3 is 2.63 bits per heavy atom. The van der Waals surface area contributed by atoms with Gasteiger partial charge in [0.15, 0.2) is 0 Å². The van der Waals surface area contributed by atoms with Crippen LogP contribution in [0.15, 0.2) is 24.5 Å². The fourth-order valence-electron chi connectivity index (χ4n) is 3.57. The van der Waals surface area contributed by atoms with Crippen LogP contribution in [0.4, 0.5) is 5.69 Å². The summed E-state index contributed by atoms with van der Waals surface area (Å²) in [4.78, 5) is 38.0. The first-order valence-corrected chi connectivity index (χ1v) is 10.1. The van der Waals surface area contributed by atoms with Crippen molar-refractivity contribution in [3.63, 3.8) is 0 Å². The van der Waals surface area contributed by atoms with Gasteiger partial charge in [0.1, 0.15) is 6.33 Å². The Balaban J connectivity index is 1.49. The average molecular weight is 414 g/mol. The molecule has 0 bridgehead atoms. The molecule has 0 spiro atoms. The Morgan fingerprint density at radius 2 is 2.00 bits per heavy atom. The first-order chi connectivity index (χ1) is 14.5. The van der Waals surface area contributed by atoms with Crippen LogP contribution in [0.1, 0.15) is 38.2 Å². The fraction of sp³-hybridized carbons (Fsp3) is 0.500. The van der Waals surface area contributed by atoms with Crippen molar-refractivity contribution in [1.82, 2.24) is 25.1 Å². The van der Waals surface area contributed by atoms with Gasteiger partial charge in [-0.05, 0) is 73.2 Å². The predicted octanol–water partition coefficient (Wildman–Crippen LogP) is 1.49. The van der Waals surface area contributed by atoms with Gasteiger partial charge in [0.05, 0.1) is 12.3 Å². The van der Waals surface area contributed by atoms with Crippen LogP contribution in [-0.4, -0.2) is 62.6 Å². The highest BCUT2D eigenvalue weighted by molar-refractivity contribution is 6.39. The summed E-state index contributed by atoms with van der Waals surface area (Å²) in [6, 6.07) is 5.25. The van der Waals surface area contributed by atoms with E-state index in [2.05, 4.69) is 20.8 Å². The van der Waals surface area contributed by atoms with Gasteiger partial charge in [0, 0.05) is 25.2 Å². The maximum Gasteiger partial charge on any atom is 0.313 e.